The largest absolute Gasteiger partial charge is 0.455 e. The van der Waals surface area contributed by atoms with Gasteiger partial charge in [-0.3, -0.25) is 9.36 Å². The molecule has 0 saturated heterocycles. The summed E-state index contributed by atoms with van der Waals surface area (Å²) < 4.78 is 22.6. The lowest BCUT2D eigenvalue weighted by molar-refractivity contribution is -0.147. The predicted octanol–water partition coefficient (Wildman–Crippen LogP) is 3.29. The van der Waals surface area contributed by atoms with Gasteiger partial charge in [0.15, 0.2) is 23.9 Å². The highest BCUT2D eigenvalue weighted by atomic mass is 16.7. The molecule has 3 aromatic rings. The van der Waals surface area contributed by atoms with Crippen LogP contribution in [0.25, 0.3) is 5.82 Å². The maximum atomic E-state index is 12.6. The number of hydrogen-bond donors (Lipinski definition) is 0. The van der Waals surface area contributed by atoms with Gasteiger partial charge in [0.1, 0.15) is 5.76 Å². The minimum Gasteiger partial charge on any atom is -0.455 e. The van der Waals surface area contributed by atoms with E-state index in [1.807, 2.05) is 17.6 Å². The number of hydrogen-bond acceptors (Lipinski definition) is 9. The molecule has 0 aliphatic carbocycles. The quantitative estimate of drug-likeness (QED) is 0.221. The van der Waals surface area contributed by atoms with Crippen molar-refractivity contribution in [2.24, 2.45) is 5.16 Å². The van der Waals surface area contributed by atoms with E-state index in [4.69, 9.17) is 23.6 Å². The van der Waals surface area contributed by atoms with E-state index in [1.54, 1.807) is 45.0 Å². The van der Waals surface area contributed by atoms with Crippen LogP contribution in [0, 0.1) is 20.8 Å². The van der Waals surface area contributed by atoms with Crippen molar-refractivity contribution in [3.63, 3.8) is 0 Å². The van der Waals surface area contributed by atoms with Crippen LogP contribution in [0.3, 0.4) is 0 Å². The zero-order valence-corrected chi connectivity index (χ0v) is 18.7. The van der Waals surface area contributed by atoms with Gasteiger partial charge in [-0.2, -0.15) is 0 Å². The molecule has 0 N–H and O–H groups in total. The van der Waals surface area contributed by atoms with Crippen LogP contribution in [0.4, 0.5) is 0 Å². The van der Waals surface area contributed by atoms with Crippen LogP contribution in [0.1, 0.15) is 40.0 Å². The second-order valence-corrected chi connectivity index (χ2v) is 7.52. The number of rotatable bonds is 8. The average Bonchev–Trinajstić information content (AvgIpc) is 3.50. The molecule has 0 unspecified atom stereocenters. The van der Waals surface area contributed by atoms with Crippen molar-refractivity contribution in [3.8, 4) is 17.3 Å². The summed E-state index contributed by atoms with van der Waals surface area (Å²) in [6, 6.07) is 8.86. The first-order chi connectivity index (χ1) is 15.8. The lowest BCUT2D eigenvalue weighted by Crippen LogP contribution is -2.18. The molecule has 1 aliphatic heterocycles. The molecule has 10 heteroatoms. The highest BCUT2D eigenvalue weighted by molar-refractivity contribution is 6.00. The predicted molar refractivity (Wildman–Crippen MR) is 116 cm³/mol. The van der Waals surface area contributed by atoms with Crippen molar-refractivity contribution in [1.82, 2.24) is 9.72 Å². The highest BCUT2D eigenvalue weighted by Crippen LogP contribution is 2.32. The fourth-order valence-corrected chi connectivity index (χ4v) is 3.48. The second-order valence-electron chi connectivity index (χ2n) is 7.52. The van der Waals surface area contributed by atoms with Gasteiger partial charge in [0, 0.05) is 28.6 Å². The Labute approximate surface area is 189 Å². The summed E-state index contributed by atoms with van der Waals surface area (Å²) in [6.45, 7) is 6.52. The van der Waals surface area contributed by atoms with Gasteiger partial charge in [-0.1, -0.05) is 10.3 Å². The molecule has 3 heterocycles. The number of ketones is 1. The van der Waals surface area contributed by atoms with E-state index in [0.717, 1.165) is 11.3 Å². The Morgan fingerprint density at radius 3 is 2.64 bits per heavy atom. The Bertz CT molecular complexity index is 1240. The second kappa shape index (κ2) is 9.19. The summed E-state index contributed by atoms with van der Waals surface area (Å²) in [7, 11) is 0. The maximum absolute atomic E-state index is 12.6. The smallest absolute Gasteiger partial charge is 0.347 e. The van der Waals surface area contributed by atoms with Gasteiger partial charge in [0.05, 0.1) is 5.71 Å². The van der Waals surface area contributed by atoms with Gasteiger partial charge in [0.25, 0.3) is 0 Å². The van der Waals surface area contributed by atoms with E-state index in [1.165, 1.54) is 0 Å². The van der Waals surface area contributed by atoms with Crippen LogP contribution in [-0.4, -0.2) is 47.2 Å². The lowest BCUT2D eigenvalue weighted by atomic mass is 10.1. The van der Waals surface area contributed by atoms with Gasteiger partial charge in [0.2, 0.25) is 19.2 Å². The number of esters is 1. The molecule has 0 spiro atoms. The number of aryl methyl sites for hydroxylation is 2. The van der Waals surface area contributed by atoms with Gasteiger partial charge < -0.3 is 23.6 Å². The van der Waals surface area contributed by atoms with Crippen molar-refractivity contribution in [2.75, 3.05) is 20.0 Å². The number of ether oxygens (including phenoxy) is 3. The van der Waals surface area contributed by atoms with Crippen molar-refractivity contribution in [1.29, 1.82) is 0 Å². The Hall–Kier alpha value is -4.08. The molecule has 4 rings (SSSR count). The molecular formula is C23H23N3O7. The van der Waals surface area contributed by atoms with E-state index < -0.39 is 19.2 Å². The first-order valence-corrected chi connectivity index (χ1v) is 10.2. The van der Waals surface area contributed by atoms with Crippen molar-refractivity contribution < 1.29 is 33.2 Å². The SMILES string of the molecule is C/C(=N\OCC(=O)OCC(=O)c1cc(C)n(-c2cc(C)on2)c1C)c1ccc2c(c1)OCO2. The van der Waals surface area contributed by atoms with E-state index in [0.29, 0.717) is 40.0 Å². The normalized spacial score (nSPS) is 12.7. The Morgan fingerprint density at radius 1 is 1.09 bits per heavy atom. The summed E-state index contributed by atoms with van der Waals surface area (Å²) >= 11 is 0. The summed E-state index contributed by atoms with van der Waals surface area (Å²) in [5, 5.41) is 7.92. The van der Waals surface area contributed by atoms with Crippen molar-refractivity contribution in [3.05, 3.63) is 58.6 Å². The molecule has 2 aromatic heterocycles. The lowest BCUT2D eigenvalue weighted by Gasteiger charge is -2.06. The standard InChI is InChI=1S/C23H23N3O7/c1-13-7-18(16(4)26(13)22-8-14(2)33-25-22)19(27)10-29-23(28)11-32-24-15(3)17-5-6-20-21(9-17)31-12-30-20/h5-9H,10-12H2,1-4H3/b24-15+. The molecule has 0 atom stereocenters. The number of nitrogens with zero attached hydrogens (tertiary/aromatic N) is 3. The number of oxime groups is 1. The van der Waals surface area contributed by atoms with Crippen LogP contribution in [-0.2, 0) is 14.4 Å². The number of fused-ring (bicyclic) bond motifs is 1. The highest BCUT2D eigenvalue weighted by Gasteiger charge is 2.20. The number of Topliss-reactive ketones (excluding diaryl/α,β-unsaturated/α-hetero) is 1. The summed E-state index contributed by atoms with van der Waals surface area (Å²) in [6.07, 6.45) is 0. The fourth-order valence-electron chi connectivity index (χ4n) is 3.48. The minimum atomic E-state index is -0.702. The third-order valence-electron chi connectivity index (χ3n) is 5.11. The molecule has 0 saturated carbocycles. The number of carbonyl (C=O) groups excluding carboxylic acids is 2. The van der Waals surface area contributed by atoms with Crippen LogP contribution < -0.4 is 9.47 Å². The third kappa shape index (κ3) is 4.74. The monoisotopic (exact) mass is 453 g/mol. The number of aromatic nitrogens is 2. The Balaban J connectivity index is 1.30. The fraction of sp³-hybridized carbons (Fsp3) is 0.304. The van der Waals surface area contributed by atoms with E-state index in [9.17, 15) is 9.59 Å². The minimum absolute atomic E-state index is 0.180. The van der Waals surface area contributed by atoms with Gasteiger partial charge in [-0.15, -0.1) is 0 Å². The van der Waals surface area contributed by atoms with Crippen LogP contribution >= 0.6 is 0 Å². The number of benzene rings is 1. The Kier molecular flexibility index (Phi) is 6.16. The molecule has 33 heavy (non-hydrogen) atoms. The molecule has 0 radical (unpaired) electrons. The molecule has 10 nitrogen and oxygen atoms in total. The first-order valence-electron chi connectivity index (χ1n) is 10.2. The molecule has 0 amide bonds. The van der Waals surface area contributed by atoms with E-state index >= 15 is 0 Å². The third-order valence-corrected chi connectivity index (χ3v) is 5.11. The van der Waals surface area contributed by atoms with Gasteiger partial charge >= 0.3 is 5.97 Å². The molecule has 1 aliphatic rings. The van der Waals surface area contributed by atoms with Crippen LogP contribution in [0.5, 0.6) is 11.5 Å². The van der Waals surface area contributed by atoms with Crippen molar-refractivity contribution in [2.45, 2.75) is 27.7 Å². The zero-order chi connectivity index (χ0) is 23.5. The summed E-state index contributed by atoms with van der Waals surface area (Å²) in [5.41, 5.74) is 3.25. The molecule has 1 aromatic carbocycles. The average molecular weight is 453 g/mol. The summed E-state index contributed by atoms with van der Waals surface area (Å²) in [4.78, 5) is 29.7. The van der Waals surface area contributed by atoms with E-state index in [-0.39, 0.29) is 12.6 Å². The van der Waals surface area contributed by atoms with E-state index in [2.05, 4.69) is 10.3 Å². The van der Waals surface area contributed by atoms with Gasteiger partial charge in [-0.05, 0) is 52.0 Å². The Morgan fingerprint density at radius 2 is 1.88 bits per heavy atom. The summed E-state index contributed by atoms with van der Waals surface area (Å²) in [5.74, 6) is 1.50. The van der Waals surface area contributed by atoms with Gasteiger partial charge in [-0.25, -0.2) is 4.79 Å². The van der Waals surface area contributed by atoms with Crippen LogP contribution in [0.2, 0.25) is 0 Å². The molecular weight excluding hydrogens is 430 g/mol. The van der Waals surface area contributed by atoms with Crippen LogP contribution in [0.15, 0.2) is 40.0 Å². The zero-order valence-electron chi connectivity index (χ0n) is 18.7. The topological polar surface area (TPSA) is 114 Å². The molecule has 0 bridgehead atoms. The molecule has 0 fully saturated rings. The first kappa shape index (κ1) is 22.1. The maximum Gasteiger partial charge on any atom is 0.347 e. The molecule has 172 valence electrons. The van der Waals surface area contributed by atoms with Crippen molar-refractivity contribution >= 4 is 17.5 Å². The number of carbonyl (C=O) groups is 2.